The summed E-state index contributed by atoms with van der Waals surface area (Å²) in [5.74, 6) is 0.239. The Labute approximate surface area is 344 Å². The van der Waals surface area contributed by atoms with E-state index in [1.54, 1.807) is 43.3 Å². The number of likely N-dealkylation sites (N-methyl/N-ethyl adjacent to an activating group) is 1. The summed E-state index contributed by atoms with van der Waals surface area (Å²) in [5.41, 5.74) is 2.49. The lowest BCUT2D eigenvalue weighted by atomic mass is 9.71. The van der Waals surface area contributed by atoms with Crippen molar-refractivity contribution in [3.8, 4) is 11.4 Å². The fourth-order valence-electron chi connectivity index (χ4n) is 8.07. The van der Waals surface area contributed by atoms with E-state index in [1.807, 2.05) is 42.2 Å². The van der Waals surface area contributed by atoms with Gasteiger partial charge in [0.05, 0.1) is 40.4 Å². The molecule has 13 nitrogen and oxygen atoms in total. The molecule has 0 bridgehead atoms. The molecule has 2 aliphatic heterocycles. The molecule has 0 spiro atoms. The summed E-state index contributed by atoms with van der Waals surface area (Å²) in [4.78, 5) is 48.9. The van der Waals surface area contributed by atoms with Crippen LogP contribution in [0.15, 0.2) is 73.1 Å². The van der Waals surface area contributed by atoms with Gasteiger partial charge in [0.25, 0.3) is 5.91 Å². The predicted octanol–water partition coefficient (Wildman–Crippen LogP) is 5.74. The predicted molar refractivity (Wildman–Crippen MR) is 219 cm³/mol. The van der Waals surface area contributed by atoms with Gasteiger partial charge < -0.3 is 24.2 Å². The molecule has 2 amide bonds. The molecule has 15 heteroatoms. The van der Waals surface area contributed by atoms with Crippen LogP contribution in [-0.2, 0) is 19.7 Å². The van der Waals surface area contributed by atoms with Gasteiger partial charge in [0.1, 0.15) is 12.1 Å². The molecule has 1 aromatic heterocycles. The molecular formula is C42H52Cl2N8O5. The molecule has 2 fully saturated rings. The Morgan fingerprint density at radius 3 is 2.30 bits per heavy atom. The first kappa shape index (κ1) is 42.1. The molecular weight excluding hydrogens is 767 g/mol. The number of benzene rings is 3. The highest BCUT2D eigenvalue weighted by molar-refractivity contribution is 6.42. The number of esters is 1. The van der Waals surface area contributed by atoms with Crippen molar-refractivity contribution in [3.63, 3.8) is 0 Å². The van der Waals surface area contributed by atoms with Crippen LogP contribution in [0.2, 0.25) is 10.0 Å². The van der Waals surface area contributed by atoms with Gasteiger partial charge in [0, 0.05) is 52.1 Å². The molecule has 0 N–H and O–H groups in total. The summed E-state index contributed by atoms with van der Waals surface area (Å²) in [5, 5.41) is 12.3. The van der Waals surface area contributed by atoms with Crippen LogP contribution in [0.1, 0.15) is 66.4 Å². The summed E-state index contributed by atoms with van der Waals surface area (Å²) < 4.78 is 12.1. The first-order valence-electron chi connectivity index (χ1n) is 19.7. The second-order valence-corrected chi connectivity index (χ2v) is 15.6. The third kappa shape index (κ3) is 10.3. The second kappa shape index (κ2) is 19.7. The number of piperidine rings is 1. The van der Waals surface area contributed by atoms with Crippen LogP contribution in [0.5, 0.6) is 5.75 Å². The number of rotatable bonds is 16. The standard InChI is InChI=1S/C42H52Cl2N8O5/c1-4-57-39(53)11-8-19-49-23-25-51(26-24-49)41(55)42(33-9-6-5-7-10-33)17-21-50(22-18-42)20-16-32(31-12-14-36(43)37(44)27-31)29-48(2)40(54)35-28-34(13-15-38(35)56-3)52-30-45-46-47-52/h5-7,9-10,12-15,27-28,30,32H,4,8,11,16-26,29H2,1-3H3. The normalized spacial score (nSPS) is 16.5. The Hall–Kier alpha value is -4.56. The maximum absolute atomic E-state index is 14.6. The number of nitrogens with zero attached hydrogens (tertiary/aromatic N) is 8. The van der Waals surface area contributed by atoms with Crippen molar-refractivity contribution in [3.05, 3.63) is 99.8 Å². The molecule has 3 heterocycles. The van der Waals surface area contributed by atoms with Crippen LogP contribution >= 0.6 is 23.2 Å². The van der Waals surface area contributed by atoms with Crippen LogP contribution in [0.3, 0.4) is 0 Å². The Balaban J connectivity index is 1.12. The summed E-state index contributed by atoms with van der Waals surface area (Å²) in [6.07, 6.45) is 4.81. The molecule has 6 rings (SSSR count). The van der Waals surface area contributed by atoms with Crippen molar-refractivity contribution < 1.29 is 23.9 Å². The highest BCUT2D eigenvalue weighted by Gasteiger charge is 2.45. The number of hydrogen-bond acceptors (Lipinski definition) is 10. The van der Waals surface area contributed by atoms with Crippen molar-refractivity contribution in [2.24, 2.45) is 0 Å². The zero-order valence-corrected chi connectivity index (χ0v) is 34.5. The van der Waals surface area contributed by atoms with Crippen molar-refractivity contribution >= 4 is 41.0 Å². The zero-order chi connectivity index (χ0) is 40.4. The summed E-state index contributed by atoms with van der Waals surface area (Å²) in [7, 11) is 3.33. The van der Waals surface area contributed by atoms with E-state index in [2.05, 4.69) is 37.5 Å². The van der Waals surface area contributed by atoms with Crippen molar-refractivity contribution in [1.29, 1.82) is 0 Å². The summed E-state index contributed by atoms with van der Waals surface area (Å²) in [6, 6.07) is 21.2. The topological polar surface area (TPSA) is 126 Å². The van der Waals surface area contributed by atoms with Crippen molar-refractivity contribution in [2.45, 2.75) is 50.4 Å². The first-order valence-corrected chi connectivity index (χ1v) is 20.4. The number of carbonyl (C=O) groups excluding carboxylic acids is 3. The van der Waals surface area contributed by atoms with E-state index in [1.165, 1.54) is 11.0 Å². The molecule has 0 radical (unpaired) electrons. The minimum absolute atomic E-state index is 0.0570. The van der Waals surface area contributed by atoms with Gasteiger partial charge in [-0.25, -0.2) is 4.68 Å². The number of hydrogen-bond donors (Lipinski definition) is 0. The summed E-state index contributed by atoms with van der Waals surface area (Å²) >= 11 is 12.9. The average molecular weight is 820 g/mol. The van der Waals surface area contributed by atoms with E-state index in [0.717, 1.165) is 63.2 Å². The smallest absolute Gasteiger partial charge is 0.305 e. The molecule has 2 saturated heterocycles. The van der Waals surface area contributed by atoms with Gasteiger partial charge in [0.2, 0.25) is 5.91 Å². The average Bonchev–Trinajstić information content (AvgIpc) is 3.79. The van der Waals surface area contributed by atoms with Gasteiger partial charge in [-0.3, -0.25) is 19.3 Å². The van der Waals surface area contributed by atoms with Crippen LogP contribution in [-0.4, -0.2) is 137 Å². The van der Waals surface area contributed by atoms with E-state index in [9.17, 15) is 14.4 Å². The number of aromatic nitrogens is 4. The van der Waals surface area contributed by atoms with Gasteiger partial charge >= 0.3 is 5.97 Å². The van der Waals surface area contributed by atoms with Crippen molar-refractivity contribution in [2.75, 3.05) is 79.7 Å². The molecule has 57 heavy (non-hydrogen) atoms. The monoisotopic (exact) mass is 818 g/mol. The highest BCUT2D eigenvalue weighted by atomic mass is 35.5. The van der Waals surface area contributed by atoms with Crippen LogP contribution in [0, 0.1) is 0 Å². The van der Waals surface area contributed by atoms with Crippen molar-refractivity contribution in [1.82, 2.24) is 39.8 Å². The highest BCUT2D eigenvalue weighted by Crippen LogP contribution is 2.39. The molecule has 3 aromatic carbocycles. The van der Waals surface area contributed by atoms with Gasteiger partial charge in [-0.15, -0.1) is 5.10 Å². The Kier molecular flexibility index (Phi) is 14.6. The van der Waals surface area contributed by atoms with Gasteiger partial charge in [-0.05, 0) is 111 Å². The van der Waals surface area contributed by atoms with E-state index in [0.29, 0.717) is 72.5 Å². The quantitative estimate of drug-likeness (QED) is 0.129. The maximum atomic E-state index is 14.6. The molecule has 0 saturated carbocycles. The Morgan fingerprint density at radius 2 is 1.63 bits per heavy atom. The number of amides is 2. The van der Waals surface area contributed by atoms with Crippen LogP contribution in [0.25, 0.3) is 5.69 Å². The maximum Gasteiger partial charge on any atom is 0.305 e. The van der Waals surface area contributed by atoms with E-state index < -0.39 is 5.41 Å². The first-order chi connectivity index (χ1) is 27.6. The molecule has 0 aliphatic carbocycles. The molecule has 304 valence electrons. The third-order valence-electron chi connectivity index (χ3n) is 11.3. The molecule has 1 atom stereocenters. The number of tetrazole rings is 1. The largest absolute Gasteiger partial charge is 0.496 e. The number of methoxy groups -OCH3 is 1. The number of ether oxygens (including phenoxy) is 2. The number of carbonyl (C=O) groups is 3. The summed E-state index contributed by atoms with van der Waals surface area (Å²) in [6.45, 7) is 8.67. The van der Waals surface area contributed by atoms with Gasteiger partial charge in [0.15, 0.2) is 0 Å². The van der Waals surface area contributed by atoms with E-state index in [4.69, 9.17) is 32.7 Å². The second-order valence-electron chi connectivity index (χ2n) is 14.8. The Morgan fingerprint density at radius 1 is 0.895 bits per heavy atom. The number of piperazine rings is 1. The fourth-order valence-corrected chi connectivity index (χ4v) is 8.38. The van der Waals surface area contributed by atoms with Gasteiger partial charge in [-0.2, -0.15) is 0 Å². The van der Waals surface area contributed by atoms with Crippen LogP contribution < -0.4 is 4.74 Å². The fraction of sp³-hybridized carbons (Fsp3) is 0.476. The number of likely N-dealkylation sites (tertiary alicyclic amines) is 1. The SMILES string of the molecule is CCOC(=O)CCCN1CCN(C(=O)C2(c3ccccc3)CCN(CCC(CN(C)C(=O)c3cc(-n4cnnn4)ccc3OC)c3ccc(Cl)c(Cl)c3)CC2)CC1. The minimum atomic E-state index is -0.602. The van der Waals surface area contributed by atoms with Crippen LogP contribution in [0.4, 0.5) is 0 Å². The van der Waals surface area contributed by atoms with E-state index >= 15 is 0 Å². The van der Waals surface area contributed by atoms with E-state index in [-0.39, 0.29) is 23.7 Å². The lowest BCUT2D eigenvalue weighted by molar-refractivity contribution is -0.143. The number of halogens is 2. The molecule has 4 aromatic rings. The lowest BCUT2D eigenvalue weighted by Crippen LogP contribution is -2.57. The molecule has 2 aliphatic rings. The lowest BCUT2D eigenvalue weighted by Gasteiger charge is -2.45. The Bertz CT molecular complexity index is 1950. The third-order valence-corrected chi connectivity index (χ3v) is 12.1. The molecule has 1 unspecified atom stereocenters. The zero-order valence-electron chi connectivity index (χ0n) is 33.0. The minimum Gasteiger partial charge on any atom is -0.496 e. The van der Waals surface area contributed by atoms with Gasteiger partial charge in [-0.1, -0.05) is 59.6 Å².